The van der Waals surface area contributed by atoms with Crippen molar-refractivity contribution in [1.82, 2.24) is 4.90 Å². The third kappa shape index (κ3) is 4.72. The third-order valence-electron chi connectivity index (χ3n) is 3.10. The Morgan fingerprint density at radius 2 is 1.26 bits per heavy atom. The molecule has 98 valence electrons. The lowest BCUT2D eigenvalue weighted by atomic mass is 10.1. The van der Waals surface area contributed by atoms with Gasteiger partial charge in [-0.15, -0.1) is 0 Å². The van der Waals surface area contributed by atoms with Gasteiger partial charge in [0, 0.05) is 19.6 Å². The van der Waals surface area contributed by atoms with E-state index in [1.54, 1.807) is 0 Å². The predicted octanol–water partition coefficient (Wildman–Crippen LogP) is 4.26. The summed E-state index contributed by atoms with van der Waals surface area (Å²) in [6, 6.07) is 21.3. The van der Waals surface area contributed by atoms with Crippen molar-refractivity contribution in [2.75, 3.05) is 6.54 Å². The summed E-state index contributed by atoms with van der Waals surface area (Å²) < 4.78 is 0. The van der Waals surface area contributed by atoms with E-state index in [1.807, 2.05) is 0 Å². The molecule has 1 heteroatoms. The molecule has 2 aromatic carbocycles. The first-order valence-electron chi connectivity index (χ1n) is 6.80. The lowest BCUT2D eigenvalue weighted by Gasteiger charge is -2.21. The molecular formula is C18H21N. The molecule has 0 saturated carbocycles. The molecule has 0 unspecified atom stereocenters. The molecule has 0 spiro atoms. The molecule has 0 radical (unpaired) electrons. The van der Waals surface area contributed by atoms with Crippen molar-refractivity contribution in [1.29, 1.82) is 0 Å². The molecule has 0 aromatic heterocycles. The predicted molar refractivity (Wildman–Crippen MR) is 81.8 cm³/mol. The van der Waals surface area contributed by atoms with Crippen LogP contribution in [0.15, 0.2) is 72.8 Å². The first kappa shape index (κ1) is 13.6. The second kappa shape index (κ2) is 7.55. The van der Waals surface area contributed by atoms with Crippen molar-refractivity contribution >= 4 is 0 Å². The van der Waals surface area contributed by atoms with Crippen LogP contribution in [0, 0.1) is 0 Å². The molecule has 0 amide bonds. The molecule has 0 N–H and O–H groups in total. The van der Waals surface area contributed by atoms with Crippen molar-refractivity contribution in [2.24, 2.45) is 0 Å². The van der Waals surface area contributed by atoms with Gasteiger partial charge >= 0.3 is 0 Å². The number of rotatable bonds is 6. The van der Waals surface area contributed by atoms with Crippen LogP contribution in [-0.2, 0) is 13.1 Å². The van der Waals surface area contributed by atoms with Crippen LogP contribution < -0.4 is 0 Å². The first-order chi connectivity index (χ1) is 9.38. The van der Waals surface area contributed by atoms with Gasteiger partial charge in [-0.2, -0.15) is 0 Å². The van der Waals surface area contributed by atoms with Crippen molar-refractivity contribution in [3.63, 3.8) is 0 Å². The van der Waals surface area contributed by atoms with Crippen molar-refractivity contribution in [2.45, 2.75) is 20.0 Å². The van der Waals surface area contributed by atoms with Gasteiger partial charge in [0.05, 0.1) is 0 Å². The third-order valence-corrected chi connectivity index (χ3v) is 3.10. The monoisotopic (exact) mass is 251 g/mol. The van der Waals surface area contributed by atoms with Crippen LogP contribution in [-0.4, -0.2) is 11.4 Å². The van der Waals surface area contributed by atoms with Gasteiger partial charge in [0.2, 0.25) is 0 Å². The summed E-state index contributed by atoms with van der Waals surface area (Å²) >= 11 is 0. The molecule has 0 aliphatic rings. The molecule has 0 atom stereocenters. The van der Waals surface area contributed by atoms with E-state index in [9.17, 15) is 0 Å². The molecule has 0 bridgehead atoms. The van der Waals surface area contributed by atoms with E-state index >= 15 is 0 Å². The maximum Gasteiger partial charge on any atom is 0.0240 e. The minimum absolute atomic E-state index is 0.986. The molecule has 0 aliphatic heterocycles. The Bertz CT molecular complexity index is 446. The zero-order chi connectivity index (χ0) is 13.3. The number of allylic oxidation sites excluding steroid dienone is 1. The van der Waals surface area contributed by atoms with Gasteiger partial charge in [-0.3, -0.25) is 4.90 Å². The van der Waals surface area contributed by atoms with E-state index in [2.05, 4.69) is 84.6 Å². The number of benzene rings is 2. The fraction of sp³-hybridized carbons (Fsp3) is 0.222. The van der Waals surface area contributed by atoms with E-state index in [0.717, 1.165) is 19.6 Å². The lowest BCUT2D eigenvalue weighted by Crippen LogP contribution is -2.22. The molecule has 0 saturated heterocycles. The van der Waals surface area contributed by atoms with Crippen molar-refractivity contribution in [3.8, 4) is 0 Å². The first-order valence-corrected chi connectivity index (χ1v) is 6.80. The molecule has 2 rings (SSSR count). The Balaban J connectivity index is 2.03. The number of hydrogen-bond donors (Lipinski definition) is 0. The van der Waals surface area contributed by atoms with Crippen LogP contribution >= 0.6 is 0 Å². The van der Waals surface area contributed by atoms with Gasteiger partial charge in [-0.25, -0.2) is 0 Å². The molecule has 0 heterocycles. The van der Waals surface area contributed by atoms with Gasteiger partial charge in [-0.05, 0) is 18.1 Å². The van der Waals surface area contributed by atoms with Crippen LogP contribution in [0.25, 0.3) is 0 Å². The molecule has 0 aliphatic carbocycles. The molecule has 2 aromatic rings. The second-order valence-electron chi connectivity index (χ2n) is 4.71. The Morgan fingerprint density at radius 3 is 1.68 bits per heavy atom. The van der Waals surface area contributed by atoms with Gasteiger partial charge in [0.1, 0.15) is 0 Å². The Kier molecular flexibility index (Phi) is 5.39. The second-order valence-corrected chi connectivity index (χ2v) is 4.71. The Labute approximate surface area is 116 Å². The average Bonchev–Trinajstić information content (AvgIpc) is 2.47. The van der Waals surface area contributed by atoms with Gasteiger partial charge < -0.3 is 0 Å². The van der Waals surface area contributed by atoms with E-state index in [-0.39, 0.29) is 0 Å². The van der Waals surface area contributed by atoms with Crippen LogP contribution in [0.3, 0.4) is 0 Å². The van der Waals surface area contributed by atoms with E-state index < -0.39 is 0 Å². The van der Waals surface area contributed by atoms with E-state index in [1.165, 1.54) is 11.1 Å². The molecular weight excluding hydrogens is 230 g/mol. The fourth-order valence-electron chi connectivity index (χ4n) is 2.12. The smallest absolute Gasteiger partial charge is 0.0240 e. The van der Waals surface area contributed by atoms with Gasteiger partial charge in [0.15, 0.2) is 0 Å². The summed E-state index contributed by atoms with van der Waals surface area (Å²) in [6.45, 7) is 5.03. The topological polar surface area (TPSA) is 3.24 Å². The standard InChI is InChI=1S/C18H21N/c1-2-3-14-19(15-17-10-6-4-7-11-17)16-18-12-8-5-9-13-18/h2-13H,14-16H2,1H3/b3-2+. The van der Waals surface area contributed by atoms with E-state index in [4.69, 9.17) is 0 Å². The highest BCUT2D eigenvalue weighted by molar-refractivity contribution is 5.17. The average molecular weight is 251 g/mol. The maximum absolute atomic E-state index is 2.45. The highest BCUT2D eigenvalue weighted by Crippen LogP contribution is 2.09. The van der Waals surface area contributed by atoms with Crippen LogP contribution in [0.4, 0.5) is 0 Å². The summed E-state index contributed by atoms with van der Waals surface area (Å²) in [5.41, 5.74) is 2.73. The zero-order valence-corrected chi connectivity index (χ0v) is 11.5. The molecule has 19 heavy (non-hydrogen) atoms. The van der Waals surface area contributed by atoms with Gasteiger partial charge in [-0.1, -0.05) is 72.8 Å². The maximum atomic E-state index is 2.45. The summed E-state index contributed by atoms with van der Waals surface area (Å²) in [7, 11) is 0. The lowest BCUT2D eigenvalue weighted by molar-refractivity contribution is 0.286. The fourth-order valence-corrected chi connectivity index (χ4v) is 2.12. The summed E-state index contributed by atoms with van der Waals surface area (Å²) in [5, 5.41) is 0. The summed E-state index contributed by atoms with van der Waals surface area (Å²) in [4.78, 5) is 2.45. The highest BCUT2D eigenvalue weighted by atomic mass is 15.1. The Morgan fingerprint density at radius 1 is 0.789 bits per heavy atom. The van der Waals surface area contributed by atoms with Crippen LogP contribution in [0.1, 0.15) is 18.1 Å². The number of nitrogens with zero attached hydrogens (tertiary/aromatic N) is 1. The largest absolute Gasteiger partial charge is 0.291 e. The molecule has 0 fully saturated rings. The minimum atomic E-state index is 0.986. The van der Waals surface area contributed by atoms with Crippen LogP contribution in [0.2, 0.25) is 0 Å². The highest BCUT2D eigenvalue weighted by Gasteiger charge is 2.05. The summed E-state index contributed by atoms with van der Waals surface area (Å²) in [6.07, 6.45) is 4.33. The quantitative estimate of drug-likeness (QED) is 0.693. The van der Waals surface area contributed by atoms with Crippen molar-refractivity contribution in [3.05, 3.63) is 83.9 Å². The number of hydrogen-bond acceptors (Lipinski definition) is 1. The SMILES string of the molecule is C/C=C/CN(Cc1ccccc1)Cc1ccccc1. The van der Waals surface area contributed by atoms with Gasteiger partial charge in [0.25, 0.3) is 0 Å². The minimum Gasteiger partial charge on any atom is -0.291 e. The molecule has 1 nitrogen and oxygen atoms in total. The normalized spacial score (nSPS) is 11.3. The Hall–Kier alpha value is -1.86. The van der Waals surface area contributed by atoms with Crippen molar-refractivity contribution < 1.29 is 0 Å². The van der Waals surface area contributed by atoms with Crippen LogP contribution in [0.5, 0.6) is 0 Å². The summed E-state index contributed by atoms with van der Waals surface area (Å²) in [5.74, 6) is 0. The zero-order valence-electron chi connectivity index (χ0n) is 11.5. The van der Waals surface area contributed by atoms with E-state index in [0.29, 0.717) is 0 Å².